The number of carbonyl (C=O) groups is 2. The van der Waals surface area contributed by atoms with Gasteiger partial charge in [-0.1, -0.05) is 0 Å². The van der Waals surface area contributed by atoms with E-state index in [0.29, 0.717) is 12.0 Å². The third-order valence-electron chi connectivity index (χ3n) is 4.09. The Labute approximate surface area is 137 Å². The van der Waals surface area contributed by atoms with E-state index in [0.717, 1.165) is 11.3 Å². The van der Waals surface area contributed by atoms with E-state index in [9.17, 15) is 19.7 Å². The van der Waals surface area contributed by atoms with Crippen molar-refractivity contribution in [3.63, 3.8) is 0 Å². The van der Waals surface area contributed by atoms with Crippen LogP contribution in [-0.4, -0.2) is 32.2 Å². The van der Waals surface area contributed by atoms with Crippen molar-refractivity contribution in [3.05, 3.63) is 52.0 Å². The number of hydrogen-bond donors (Lipinski definition) is 0. The fourth-order valence-electron chi connectivity index (χ4n) is 3.07. The molecule has 1 aromatic carbocycles. The number of aromatic nitrogens is 2. The van der Waals surface area contributed by atoms with Crippen LogP contribution in [0.3, 0.4) is 0 Å². The number of fused-ring (bicyclic) bond motifs is 1. The molecule has 1 aliphatic rings. The van der Waals surface area contributed by atoms with Crippen molar-refractivity contribution in [1.29, 1.82) is 0 Å². The Kier molecular flexibility index (Phi) is 3.88. The summed E-state index contributed by atoms with van der Waals surface area (Å²) in [7, 11) is 0. The fourth-order valence-corrected chi connectivity index (χ4v) is 3.07. The number of ketones is 1. The van der Waals surface area contributed by atoms with Gasteiger partial charge in [-0.3, -0.25) is 9.59 Å². The highest BCUT2D eigenvalue weighted by molar-refractivity contribution is 5.99. The van der Waals surface area contributed by atoms with E-state index in [1.165, 1.54) is 24.0 Å². The van der Waals surface area contributed by atoms with Gasteiger partial charge in [-0.05, 0) is 47.0 Å². The number of imidazole rings is 1. The molecule has 0 saturated carbocycles. The average Bonchev–Trinajstić information content (AvgIpc) is 3.09. The molecule has 0 aliphatic carbocycles. The van der Waals surface area contributed by atoms with Gasteiger partial charge in [0.1, 0.15) is 6.20 Å². The maximum absolute atomic E-state index is 12.4. The lowest BCUT2D eigenvalue weighted by Crippen LogP contribution is -2.33. The second-order valence-electron chi connectivity index (χ2n) is 5.87. The van der Waals surface area contributed by atoms with E-state index < -0.39 is 4.92 Å². The third kappa shape index (κ3) is 2.78. The lowest BCUT2D eigenvalue weighted by Gasteiger charge is -2.20. The quantitative estimate of drug-likeness (QED) is 0.485. The maximum Gasteiger partial charge on any atom is 0.381 e. The number of Topliss-reactive ketones (excluding diaryl/α,β-unsaturated/α-hetero) is 1. The van der Waals surface area contributed by atoms with Crippen LogP contribution >= 0.6 is 0 Å². The number of hydrogen-bond acceptors (Lipinski definition) is 5. The molecule has 0 unspecified atom stereocenters. The number of rotatable bonds is 4. The number of nitrogens with zero attached hydrogens (tertiary/aromatic N) is 4. The Bertz CT molecular complexity index is 842. The van der Waals surface area contributed by atoms with Crippen LogP contribution in [0.25, 0.3) is 0 Å². The van der Waals surface area contributed by atoms with Gasteiger partial charge in [0.15, 0.2) is 5.78 Å². The van der Waals surface area contributed by atoms with Crippen LogP contribution in [0.15, 0.2) is 30.7 Å². The number of nitro groups is 1. The molecule has 8 heteroatoms. The molecule has 0 spiro atoms. The summed E-state index contributed by atoms with van der Waals surface area (Å²) >= 11 is 0. The molecule has 0 radical (unpaired) electrons. The minimum absolute atomic E-state index is 0.0222. The molecule has 1 aromatic heterocycles. The summed E-state index contributed by atoms with van der Waals surface area (Å²) < 4.78 is 1.39. The second kappa shape index (κ2) is 5.88. The Morgan fingerprint density at radius 3 is 2.79 bits per heavy atom. The van der Waals surface area contributed by atoms with Crippen LogP contribution in [0.1, 0.15) is 29.8 Å². The van der Waals surface area contributed by atoms with Crippen molar-refractivity contribution in [2.75, 3.05) is 4.90 Å². The normalized spacial score (nSPS) is 16.1. The van der Waals surface area contributed by atoms with E-state index >= 15 is 0 Å². The van der Waals surface area contributed by atoms with Crippen LogP contribution in [0, 0.1) is 10.1 Å². The van der Waals surface area contributed by atoms with Crippen molar-refractivity contribution in [2.24, 2.45) is 0 Å². The number of anilines is 1. The van der Waals surface area contributed by atoms with Crippen LogP contribution in [0.5, 0.6) is 0 Å². The fraction of sp³-hybridized carbons (Fsp3) is 0.312. The minimum atomic E-state index is -0.603. The molecule has 0 bridgehead atoms. The summed E-state index contributed by atoms with van der Waals surface area (Å²) in [6.45, 7) is 3.47. The molecule has 8 nitrogen and oxygen atoms in total. The van der Waals surface area contributed by atoms with Gasteiger partial charge in [0.05, 0.1) is 6.54 Å². The van der Waals surface area contributed by atoms with Crippen LogP contribution in [0.4, 0.5) is 11.5 Å². The zero-order valence-electron chi connectivity index (χ0n) is 13.3. The predicted molar refractivity (Wildman–Crippen MR) is 86.0 cm³/mol. The molecule has 124 valence electrons. The van der Waals surface area contributed by atoms with Gasteiger partial charge in [-0.2, -0.15) is 0 Å². The van der Waals surface area contributed by atoms with Gasteiger partial charge in [-0.25, -0.2) is 0 Å². The van der Waals surface area contributed by atoms with Crippen molar-refractivity contribution in [2.45, 2.75) is 32.9 Å². The molecular formula is C16H16N4O4. The lowest BCUT2D eigenvalue weighted by atomic mass is 10.0. The largest absolute Gasteiger partial charge is 0.381 e. The lowest BCUT2D eigenvalue weighted by molar-refractivity contribution is -0.389. The highest BCUT2D eigenvalue weighted by Gasteiger charge is 2.29. The van der Waals surface area contributed by atoms with E-state index in [-0.39, 0.29) is 30.1 Å². The van der Waals surface area contributed by atoms with Crippen molar-refractivity contribution < 1.29 is 14.5 Å². The summed E-state index contributed by atoms with van der Waals surface area (Å²) in [5, 5.41) is 10.6. The number of amides is 1. The van der Waals surface area contributed by atoms with Crippen LogP contribution < -0.4 is 4.90 Å². The van der Waals surface area contributed by atoms with Gasteiger partial charge in [-0.15, -0.1) is 0 Å². The average molecular weight is 328 g/mol. The van der Waals surface area contributed by atoms with E-state index in [2.05, 4.69) is 4.98 Å². The Morgan fingerprint density at radius 2 is 2.17 bits per heavy atom. The highest BCUT2D eigenvalue weighted by atomic mass is 16.6. The highest BCUT2D eigenvalue weighted by Crippen LogP contribution is 2.33. The molecule has 2 heterocycles. The molecule has 1 aliphatic heterocycles. The second-order valence-corrected chi connectivity index (χ2v) is 5.87. The van der Waals surface area contributed by atoms with E-state index in [4.69, 9.17) is 0 Å². The van der Waals surface area contributed by atoms with Gasteiger partial charge in [0.2, 0.25) is 12.2 Å². The summed E-state index contributed by atoms with van der Waals surface area (Å²) in [6, 6.07) is 5.33. The Morgan fingerprint density at radius 1 is 1.42 bits per heavy atom. The molecule has 2 aromatic rings. The smallest absolute Gasteiger partial charge is 0.358 e. The molecule has 0 N–H and O–H groups in total. The standard InChI is InChI=1S/C16H16N4O4/c1-10-5-13-6-12(3-4-14(13)19(10)11(2)21)15(22)7-18-8-16(17-9-18)20(23)24/h3-4,6,8-10H,5,7H2,1-2H3/t10-/m1/s1. The first-order valence-corrected chi connectivity index (χ1v) is 7.49. The molecule has 0 saturated heterocycles. The SMILES string of the molecule is CC(=O)N1c2ccc(C(=O)Cn3cnc([N+](=O)[O-])c3)cc2C[C@H]1C. The zero-order chi connectivity index (χ0) is 17.4. The monoisotopic (exact) mass is 328 g/mol. The maximum atomic E-state index is 12.4. The summed E-state index contributed by atoms with van der Waals surface area (Å²) in [4.78, 5) is 39.5. The zero-order valence-corrected chi connectivity index (χ0v) is 13.3. The first kappa shape index (κ1) is 15.9. The van der Waals surface area contributed by atoms with Gasteiger partial charge in [0, 0.05) is 24.2 Å². The summed E-state index contributed by atoms with van der Waals surface area (Å²) in [5.41, 5.74) is 2.31. The molecule has 1 atom stereocenters. The Balaban J connectivity index is 1.81. The predicted octanol–water partition coefficient (Wildman–Crippen LogP) is 1.97. The molecular weight excluding hydrogens is 312 g/mol. The van der Waals surface area contributed by atoms with Crippen LogP contribution in [0.2, 0.25) is 0 Å². The first-order chi connectivity index (χ1) is 11.4. The van der Waals surface area contributed by atoms with E-state index in [1.54, 1.807) is 23.1 Å². The molecule has 1 amide bonds. The third-order valence-corrected chi connectivity index (χ3v) is 4.09. The Hall–Kier alpha value is -3.03. The van der Waals surface area contributed by atoms with Gasteiger partial charge < -0.3 is 19.6 Å². The number of benzene rings is 1. The molecule has 0 fully saturated rings. The molecule has 24 heavy (non-hydrogen) atoms. The van der Waals surface area contributed by atoms with Crippen molar-refractivity contribution in [1.82, 2.24) is 9.55 Å². The van der Waals surface area contributed by atoms with Crippen molar-refractivity contribution >= 4 is 23.2 Å². The molecule has 3 rings (SSSR count). The topological polar surface area (TPSA) is 98.3 Å². The number of carbonyl (C=O) groups excluding carboxylic acids is 2. The summed E-state index contributed by atoms with van der Waals surface area (Å²) in [6.07, 6.45) is 3.19. The van der Waals surface area contributed by atoms with Crippen LogP contribution in [-0.2, 0) is 17.8 Å². The van der Waals surface area contributed by atoms with Gasteiger partial charge in [0.25, 0.3) is 0 Å². The minimum Gasteiger partial charge on any atom is -0.358 e. The van der Waals surface area contributed by atoms with Crippen molar-refractivity contribution in [3.8, 4) is 0 Å². The van der Waals surface area contributed by atoms with Gasteiger partial charge >= 0.3 is 5.82 Å². The van der Waals surface area contributed by atoms with E-state index in [1.807, 2.05) is 6.92 Å². The summed E-state index contributed by atoms with van der Waals surface area (Å²) in [5.74, 6) is -0.479. The first-order valence-electron chi connectivity index (χ1n) is 7.49.